The molecule has 1 unspecified atom stereocenters. The van der Waals surface area contributed by atoms with Crippen LogP contribution in [0.3, 0.4) is 0 Å². The van der Waals surface area contributed by atoms with Gasteiger partial charge in [0.05, 0.1) is 17.1 Å². The summed E-state index contributed by atoms with van der Waals surface area (Å²) in [4.78, 5) is 0. The lowest BCUT2D eigenvalue weighted by Crippen LogP contribution is -2.25. The summed E-state index contributed by atoms with van der Waals surface area (Å²) in [5.41, 5.74) is 7.79. The van der Waals surface area contributed by atoms with Crippen molar-refractivity contribution in [2.45, 2.75) is 13.0 Å². The van der Waals surface area contributed by atoms with Gasteiger partial charge in [-0.15, -0.1) is 0 Å². The van der Waals surface area contributed by atoms with Crippen molar-refractivity contribution in [3.63, 3.8) is 0 Å². The van der Waals surface area contributed by atoms with Gasteiger partial charge in [-0.05, 0) is 29.4 Å². The highest BCUT2D eigenvalue weighted by molar-refractivity contribution is 7.90. The molecule has 0 aliphatic heterocycles. The number of nitrogens with zero attached hydrogens (tertiary/aromatic N) is 2. The number of nitrogens with one attached hydrogen (secondary N) is 1. The summed E-state index contributed by atoms with van der Waals surface area (Å²) in [7, 11) is -3.04. The minimum absolute atomic E-state index is 0.0319. The Hall–Kier alpha value is -1.83. The molecule has 1 atom stereocenters. The Bertz CT molecular complexity index is 665. The number of anilines is 2. The molecule has 1 heterocycles. The third-order valence-electron chi connectivity index (χ3n) is 2.40. The fourth-order valence-corrected chi connectivity index (χ4v) is 2.75. The monoisotopic (exact) mass is 270 g/mol. The number of nitrogens with two attached hydrogens (primary N) is 1. The first kappa shape index (κ1) is 12.6. The molecule has 0 spiro atoms. The van der Waals surface area contributed by atoms with Crippen LogP contribution in [0.4, 0.5) is 11.4 Å². The minimum atomic E-state index is -3.04. The van der Waals surface area contributed by atoms with Crippen LogP contribution >= 0.6 is 0 Å². The van der Waals surface area contributed by atoms with Crippen molar-refractivity contribution in [1.29, 1.82) is 0 Å². The Kier molecular flexibility index (Phi) is 3.12. The van der Waals surface area contributed by atoms with Gasteiger partial charge in [-0.25, -0.2) is 13.0 Å². The van der Waals surface area contributed by atoms with Crippen LogP contribution in [0.1, 0.15) is 6.92 Å². The molecule has 7 nitrogen and oxygen atoms in total. The van der Waals surface area contributed by atoms with Crippen molar-refractivity contribution in [3.05, 3.63) is 12.1 Å². The van der Waals surface area contributed by atoms with Crippen LogP contribution in [-0.2, 0) is 9.84 Å². The minimum Gasteiger partial charge on any atom is -0.397 e. The lowest BCUT2D eigenvalue weighted by Gasteiger charge is -2.14. The fourth-order valence-electron chi connectivity index (χ4n) is 1.76. The molecule has 0 fully saturated rings. The lowest BCUT2D eigenvalue weighted by molar-refractivity contribution is 0.315. The highest BCUT2D eigenvalue weighted by Crippen LogP contribution is 2.25. The molecule has 0 bridgehead atoms. The molecule has 0 aliphatic carbocycles. The van der Waals surface area contributed by atoms with E-state index in [1.165, 1.54) is 6.26 Å². The topological polar surface area (TPSA) is 111 Å². The number of benzene rings is 1. The smallest absolute Gasteiger partial charge is 0.160 e. The first-order valence-electron chi connectivity index (χ1n) is 5.32. The molecule has 18 heavy (non-hydrogen) atoms. The van der Waals surface area contributed by atoms with Crippen molar-refractivity contribution >= 4 is 32.2 Å². The third kappa shape index (κ3) is 2.70. The van der Waals surface area contributed by atoms with Crippen LogP contribution in [0.2, 0.25) is 0 Å². The van der Waals surface area contributed by atoms with Crippen LogP contribution in [-0.4, -0.2) is 36.8 Å². The average molecular weight is 270 g/mol. The normalized spacial score (nSPS) is 13.7. The Balaban J connectivity index is 2.27. The quantitative estimate of drug-likeness (QED) is 0.784. The summed E-state index contributed by atoms with van der Waals surface area (Å²) < 4.78 is 27.0. The predicted molar refractivity (Wildman–Crippen MR) is 69.0 cm³/mol. The second-order valence-corrected chi connectivity index (χ2v) is 6.49. The molecule has 0 aliphatic rings. The van der Waals surface area contributed by atoms with Crippen LogP contribution in [0.15, 0.2) is 16.8 Å². The standard InChI is InChI=1S/C10H14N4O3S/c1-6(5-18(2,15)16)12-8-4-3-7(11)9-10(8)14-17-13-9/h3-4,6,12H,5,11H2,1-2H3. The summed E-state index contributed by atoms with van der Waals surface area (Å²) in [5, 5.41) is 10.5. The molecule has 1 aromatic carbocycles. The van der Waals surface area contributed by atoms with Gasteiger partial charge in [0.15, 0.2) is 11.0 Å². The molecule has 3 N–H and O–H groups in total. The van der Waals surface area contributed by atoms with Crippen LogP contribution in [0, 0.1) is 0 Å². The van der Waals surface area contributed by atoms with E-state index in [2.05, 4.69) is 20.3 Å². The number of hydrogen-bond acceptors (Lipinski definition) is 7. The lowest BCUT2D eigenvalue weighted by atomic mass is 10.2. The average Bonchev–Trinajstić information content (AvgIpc) is 2.69. The molecule has 98 valence electrons. The van der Waals surface area contributed by atoms with Gasteiger partial charge < -0.3 is 11.1 Å². The first-order valence-corrected chi connectivity index (χ1v) is 7.38. The number of sulfone groups is 1. The van der Waals surface area contributed by atoms with Crippen molar-refractivity contribution in [3.8, 4) is 0 Å². The van der Waals surface area contributed by atoms with Crippen molar-refractivity contribution < 1.29 is 13.0 Å². The van der Waals surface area contributed by atoms with E-state index in [9.17, 15) is 8.42 Å². The van der Waals surface area contributed by atoms with Crippen LogP contribution in [0.5, 0.6) is 0 Å². The fraction of sp³-hybridized carbons (Fsp3) is 0.400. The van der Waals surface area contributed by atoms with Gasteiger partial charge in [0, 0.05) is 12.3 Å². The summed E-state index contributed by atoms with van der Waals surface area (Å²) >= 11 is 0. The second-order valence-electron chi connectivity index (χ2n) is 4.30. The Morgan fingerprint density at radius 1 is 1.39 bits per heavy atom. The van der Waals surface area contributed by atoms with Gasteiger partial charge in [-0.3, -0.25) is 0 Å². The van der Waals surface area contributed by atoms with Gasteiger partial charge >= 0.3 is 0 Å². The Labute approximate surface area is 104 Å². The highest BCUT2D eigenvalue weighted by Gasteiger charge is 2.14. The molecule has 8 heteroatoms. The largest absolute Gasteiger partial charge is 0.397 e. The van der Waals surface area contributed by atoms with E-state index in [0.29, 0.717) is 22.4 Å². The van der Waals surface area contributed by atoms with E-state index in [0.717, 1.165) is 0 Å². The molecule has 2 rings (SSSR count). The maximum absolute atomic E-state index is 11.2. The summed E-state index contributed by atoms with van der Waals surface area (Å²) in [6.45, 7) is 1.77. The van der Waals surface area contributed by atoms with Crippen LogP contribution in [0.25, 0.3) is 11.0 Å². The highest BCUT2D eigenvalue weighted by atomic mass is 32.2. The molecule has 0 radical (unpaired) electrons. The zero-order valence-electron chi connectivity index (χ0n) is 10.0. The predicted octanol–water partition coefficient (Wildman–Crippen LogP) is 0.650. The van der Waals surface area contributed by atoms with Crippen molar-refractivity contribution in [1.82, 2.24) is 10.3 Å². The van der Waals surface area contributed by atoms with E-state index >= 15 is 0 Å². The van der Waals surface area contributed by atoms with Crippen molar-refractivity contribution in [2.24, 2.45) is 0 Å². The number of hydrogen-bond donors (Lipinski definition) is 2. The maximum atomic E-state index is 11.2. The molecule has 0 amide bonds. The summed E-state index contributed by atoms with van der Waals surface area (Å²) in [6.07, 6.45) is 1.20. The second kappa shape index (κ2) is 4.45. The zero-order chi connectivity index (χ0) is 13.3. The number of rotatable bonds is 4. The van der Waals surface area contributed by atoms with E-state index in [4.69, 9.17) is 5.73 Å². The van der Waals surface area contributed by atoms with Crippen molar-refractivity contribution in [2.75, 3.05) is 23.1 Å². The molecular weight excluding hydrogens is 256 g/mol. The molecule has 0 saturated carbocycles. The zero-order valence-corrected chi connectivity index (χ0v) is 10.9. The summed E-state index contributed by atoms with van der Waals surface area (Å²) in [5.74, 6) is 0.0319. The van der Waals surface area contributed by atoms with Gasteiger partial charge in [0.1, 0.15) is 9.84 Å². The Morgan fingerprint density at radius 2 is 2.06 bits per heavy atom. The van der Waals surface area contributed by atoms with Gasteiger partial charge in [-0.2, -0.15) is 0 Å². The number of nitrogen functional groups attached to an aromatic ring is 1. The van der Waals surface area contributed by atoms with E-state index in [-0.39, 0.29) is 11.8 Å². The van der Waals surface area contributed by atoms with E-state index < -0.39 is 9.84 Å². The Morgan fingerprint density at radius 3 is 2.72 bits per heavy atom. The maximum Gasteiger partial charge on any atom is 0.160 e. The number of aromatic nitrogens is 2. The molecule has 2 aromatic rings. The van der Waals surface area contributed by atoms with Gasteiger partial charge in [0.2, 0.25) is 0 Å². The van der Waals surface area contributed by atoms with Crippen LogP contribution < -0.4 is 11.1 Å². The first-order chi connectivity index (χ1) is 8.37. The summed E-state index contributed by atoms with van der Waals surface area (Å²) in [6, 6.07) is 3.14. The van der Waals surface area contributed by atoms with Gasteiger partial charge in [0.25, 0.3) is 0 Å². The molecule has 1 aromatic heterocycles. The SMILES string of the molecule is CC(CS(C)(=O)=O)Nc1ccc(N)c2nonc12. The third-order valence-corrected chi connectivity index (χ3v) is 3.51. The molecular formula is C10H14N4O3S. The van der Waals surface area contributed by atoms with E-state index in [1.54, 1.807) is 19.1 Å². The van der Waals surface area contributed by atoms with E-state index in [1.807, 2.05) is 0 Å². The number of fused-ring (bicyclic) bond motifs is 1. The molecule has 0 saturated heterocycles. The van der Waals surface area contributed by atoms with Gasteiger partial charge in [-0.1, -0.05) is 0 Å².